The maximum atomic E-state index is 14.8. The van der Waals surface area contributed by atoms with Crippen LogP contribution in [0.4, 0.5) is 120 Å². The van der Waals surface area contributed by atoms with Crippen LogP contribution in [0.3, 0.4) is 0 Å². The Bertz CT molecular complexity index is 1880. The number of carbonyl (C=O) groups is 1. The number of anilines is 1. The smallest absolute Gasteiger partial charge is 0.377 e. The molecular weight excluding hydrogens is 1100 g/mol. The van der Waals surface area contributed by atoms with Gasteiger partial charge in [0.25, 0.3) is 8.53 Å². The zero-order chi connectivity index (χ0) is 57.6. The fraction of sp³-hybridized carbons (Fsp3) is 0.789. The zero-order valence-electron chi connectivity index (χ0n) is 37.9. The van der Waals surface area contributed by atoms with Crippen LogP contribution < -0.4 is 4.90 Å². The summed E-state index contributed by atoms with van der Waals surface area (Å²) in [6.07, 6.45) is -22.2. The second-order valence-electron chi connectivity index (χ2n) is 16.1. The van der Waals surface area contributed by atoms with Crippen LogP contribution in [0.1, 0.15) is 59.4 Å². The van der Waals surface area contributed by atoms with Gasteiger partial charge >= 0.3 is 71.6 Å². The molecule has 0 radical (unpaired) electrons. The Hall–Kier alpha value is -3.57. The van der Waals surface area contributed by atoms with Crippen molar-refractivity contribution in [2.24, 2.45) is 0 Å². The van der Waals surface area contributed by atoms with E-state index in [-0.39, 0.29) is 57.0 Å². The van der Waals surface area contributed by atoms with Gasteiger partial charge in [-0.05, 0) is 45.4 Å². The van der Waals surface area contributed by atoms with Crippen LogP contribution in [-0.2, 0) is 25.1 Å². The number of amides is 1. The molecule has 426 valence electrons. The van der Waals surface area contributed by atoms with Crippen LogP contribution in [0.2, 0.25) is 0 Å². The first-order valence-corrected chi connectivity index (χ1v) is 21.5. The fourth-order valence-corrected chi connectivity index (χ4v) is 7.56. The molecular formula is C38H43F26N4O4P. The largest absolute Gasteiger partial charge is 0.460 e. The molecule has 0 saturated carbocycles. The molecule has 1 amide bonds. The van der Waals surface area contributed by atoms with Crippen molar-refractivity contribution < 1.29 is 133 Å². The predicted octanol–water partition coefficient (Wildman–Crippen LogP) is 13.4. The number of nitriles is 1. The van der Waals surface area contributed by atoms with E-state index in [2.05, 4.69) is 0 Å². The van der Waals surface area contributed by atoms with Crippen LogP contribution in [0, 0.1) is 11.3 Å². The SMILES string of the molecule is CC(=O)N(CCOCCOP(OCCC#N)N(C(C)C)C(C)C)Cc1ccc(N(CCC(F)(F)C(F)(F)C(F)(F)C(F)(F)C(F)(F)C(F)(F)F)CCC(F)(F)C(F)(F)C(F)(F)C(F)(F)C(F)(F)C(F)(F)F)cc1. The molecule has 0 spiro atoms. The summed E-state index contributed by atoms with van der Waals surface area (Å²) in [6.45, 7) is 2.21. The second kappa shape index (κ2) is 23.8. The van der Waals surface area contributed by atoms with Crippen molar-refractivity contribution >= 4 is 20.1 Å². The molecule has 0 aliphatic carbocycles. The van der Waals surface area contributed by atoms with Crippen molar-refractivity contribution in [3.63, 3.8) is 0 Å². The normalized spacial score (nSPS) is 15.1. The number of hydrogen-bond acceptors (Lipinski definition) is 7. The van der Waals surface area contributed by atoms with Crippen LogP contribution in [0.5, 0.6) is 0 Å². The zero-order valence-corrected chi connectivity index (χ0v) is 38.8. The Labute approximate surface area is 398 Å². The molecule has 0 N–H and O–H groups in total. The molecule has 8 nitrogen and oxygen atoms in total. The summed E-state index contributed by atoms with van der Waals surface area (Å²) in [7, 11) is -1.70. The molecule has 73 heavy (non-hydrogen) atoms. The van der Waals surface area contributed by atoms with Crippen molar-refractivity contribution in [2.45, 2.75) is 144 Å². The summed E-state index contributed by atoms with van der Waals surface area (Å²) in [6, 6.07) is 4.10. The number of ether oxygens (including phenoxy) is 1. The fourth-order valence-electron chi connectivity index (χ4n) is 5.98. The first kappa shape index (κ1) is 67.4. The third-order valence-corrected chi connectivity index (χ3v) is 12.2. The third kappa shape index (κ3) is 14.1. The topological polar surface area (TPSA) is 78.3 Å². The minimum atomic E-state index is -8.43. The van der Waals surface area contributed by atoms with E-state index < -0.39 is 129 Å². The molecule has 0 aliphatic rings. The van der Waals surface area contributed by atoms with Gasteiger partial charge in [-0.15, -0.1) is 0 Å². The molecule has 0 aromatic heterocycles. The van der Waals surface area contributed by atoms with Crippen LogP contribution in [0.15, 0.2) is 24.3 Å². The van der Waals surface area contributed by atoms with Gasteiger partial charge in [-0.3, -0.25) is 4.79 Å². The Morgan fingerprint density at radius 1 is 0.534 bits per heavy atom. The molecule has 0 aliphatic heterocycles. The van der Waals surface area contributed by atoms with Crippen LogP contribution in [0.25, 0.3) is 0 Å². The van der Waals surface area contributed by atoms with Gasteiger partial charge in [-0.2, -0.15) is 119 Å². The van der Waals surface area contributed by atoms with Gasteiger partial charge in [0, 0.05) is 63.7 Å². The predicted molar refractivity (Wildman–Crippen MR) is 203 cm³/mol. The summed E-state index contributed by atoms with van der Waals surface area (Å²) in [5, 5.41) is 8.83. The highest BCUT2D eigenvalue weighted by Crippen LogP contribution is 2.62. The Morgan fingerprint density at radius 3 is 1.25 bits per heavy atom. The highest BCUT2D eigenvalue weighted by molar-refractivity contribution is 7.44. The summed E-state index contributed by atoms with van der Waals surface area (Å²) >= 11 is 0. The molecule has 1 rings (SSSR count). The van der Waals surface area contributed by atoms with Gasteiger partial charge in [-0.25, -0.2) is 4.67 Å². The Kier molecular flexibility index (Phi) is 22.0. The maximum Gasteiger partial charge on any atom is 0.460 e. The van der Waals surface area contributed by atoms with Gasteiger partial charge in [0.2, 0.25) is 5.91 Å². The molecule has 35 heteroatoms. The molecule has 0 bridgehead atoms. The Morgan fingerprint density at radius 2 is 0.904 bits per heavy atom. The number of nitrogens with zero attached hydrogens (tertiary/aromatic N) is 4. The summed E-state index contributed by atoms with van der Waals surface area (Å²) in [4.78, 5) is 12.9. The first-order valence-electron chi connectivity index (χ1n) is 20.3. The lowest BCUT2D eigenvalue weighted by Crippen LogP contribution is -2.70. The van der Waals surface area contributed by atoms with Crippen LogP contribution >= 0.6 is 8.53 Å². The van der Waals surface area contributed by atoms with E-state index in [9.17, 15) is 119 Å². The molecule has 0 saturated heterocycles. The van der Waals surface area contributed by atoms with Crippen molar-refractivity contribution in [3.05, 3.63) is 29.8 Å². The number of hydrogen-bond donors (Lipinski definition) is 0. The minimum absolute atomic E-state index is 0.0250. The summed E-state index contributed by atoms with van der Waals surface area (Å²) < 4.78 is 376. The summed E-state index contributed by atoms with van der Waals surface area (Å²) in [5.41, 5.74) is -1.26. The van der Waals surface area contributed by atoms with Gasteiger partial charge in [-0.1, -0.05) is 12.1 Å². The van der Waals surface area contributed by atoms with E-state index in [1.165, 1.54) is 0 Å². The lowest BCUT2D eigenvalue weighted by Gasteiger charge is -2.41. The number of alkyl halides is 26. The van der Waals surface area contributed by atoms with Crippen LogP contribution in [-0.4, -0.2) is 145 Å². The van der Waals surface area contributed by atoms with E-state index >= 15 is 0 Å². The van der Waals surface area contributed by atoms with E-state index in [1.807, 2.05) is 38.4 Å². The van der Waals surface area contributed by atoms with Gasteiger partial charge in [0.05, 0.1) is 38.9 Å². The first-order chi connectivity index (χ1) is 32.5. The molecule has 1 aromatic rings. The van der Waals surface area contributed by atoms with E-state index in [4.69, 9.17) is 19.0 Å². The van der Waals surface area contributed by atoms with Crippen molar-refractivity contribution in [1.82, 2.24) is 9.57 Å². The average Bonchev–Trinajstić information content (AvgIpc) is 3.22. The van der Waals surface area contributed by atoms with Crippen molar-refractivity contribution in [1.29, 1.82) is 5.26 Å². The highest BCUT2D eigenvalue weighted by atomic mass is 31.2. The van der Waals surface area contributed by atoms with E-state index in [0.29, 0.717) is 12.1 Å². The van der Waals surface area contributed by atoms with Gasteiger partial charge < -0.3 is 23.6 Å². The average molecular weight is 1140 g/mol. The summed E-state index contributed by atoms with van der Waals surface area (Å²) in [5.74, 6) is -80.8. The molecule has 0 heterocycles. The molecule has 1 unspecified atom stereocenters. The lowest BCUT2D eigenvalue weighted by atomic mass is 9.92. The lowest BCUT2D eigenvalue weighted by molar-refractivity contribution is -0.440. The van der Waals surface area contributed by atoms with Gasteiger partial charge in [0.1, 0.15) is 0 Å². The number of benzene rings is 1. The van der Waals surface area contributed by atoms with Crippen molar-refractivity contribution in [2.75, 3.05) is 51.0 Å². The minimum Gasteiger partial charge on any atom is -0.377 e. The Balaban J connectivity index is 3.59. The standard InChI is InChI=1S/C38H43F26N4O4P/c1-22(2)68(23(3)4)73(71-17-6-13-65)72-20-19-70-18-16-67(24(5)69)21-25-7-9-26(10-8-25)66(14-11-27(39,40)29(43,44)31(47,48)33(51,52)35(55,56)37(59,60)61)15-12-28(41,42)30(45,46)32(49,50)34(53,54)36(57,58)38(62,63)64/h7-10,22-23H,6,11-12,14-21H2,1-5H3. The van der Waals surface area contributed by atoms with Gasteiger partial charge in [0.15, 0.2) is 0 Å². The monoisotopic (exact) mass is 1140 g/mol. The number of halogens is 26. The highest BCUT2D eigenvalue weighted by Gasteiger charge is 2.92. The maximum absolute atomic E-state index is 14.8. The van der Waals surface area contributed by atoms with E-state index in [0.717, 1.165) is 24.0 Å². The molecule has 1 atom stereocenters. The number of carbonyl (C=O) groups excluding carboxylic acids is 1. The molecule has 1 aromatic carbocycles. The van der Waals surface area contributed by atoms with Crippen molar-refractivity contribution in [3.8, 4) is 6.07 Å². The van der Waals surface area contributed by atoms with E-state index in [1.54, 1.807) is 0 Å². The second-order valence-corrected chi connectivity index (χ2v) is 17.5. The third-order valence-electron chi connectivity index (χ3n) is 10.1. The number of rotatable bonds is 30. The molecule has 0 fully saturated rings. The quantitative estimate of drug-likeness (QED) is 0.0431.